The molecule has 3 heterocycles. The van der Waals surface area contributed by atoms with E-state index in [0.717, 1.165) is 49.5 Å². The van der Waals surface area contributed by atoms with E-state index in [0.29, 0.717) is 17.9 Å². The van der Waals surface area contributed by atoms with Crippen LogP contribution in [0.4, 0.5) is 0 Å². The van der Waals surface area contributed by atoms with Gasteiger partial charge in [0.15, 0.2) is 5.69 Å². The summed E-state index contributed by atoms with van der Waals surface area (Å²) in [7, 11) is 0. The number of ether oxygens (including phenoxy) is 2. The minimum absolute atomic E-state index is 0.0323. The molecule has 6 heteroatoms. The van der Waals surface area contributed by atoms with Crippen LogP contribution in [0.2, 0.25) is 0 Å². The molecule has 1 aromatic rings. The number of fused-ring (bicyclic) bond motifs is 1. The number of aromatic amines is 1. The van der Waals surface area contributed by atoms with E-state index in [9.17, 15) is 4.79 Å². The lowest BCUT2D eigenvalue weighted by atomic mass is 9.88. The van der Waals surface area contributed by atoms with E-state index in [4.69, 9.17) is 9.47 Å². The molecular weight excluding hydrogens is 342 g/mol. The van der Waals surface area contributed by atoms with Crippen molar-refractivity contribution in [2.45, 2.75) is 90.1 Å². The molecule has 1 aromatic heterocycles. The molecule has 0 spiro atoms. The van der Waals surface area contributed by atoms with Gasteiger partial charge in [-0.05, 0) is 58.3 Å². The van der Waals surface area contributed by atoms with E-state index in [-0.39, 0.29) is 18.1 Å². The van der Waals surface area contributed by atoms with E-state index in [2.05, 4.69) is 24.0 Å². The predicted octanol–water partition coefficient (Wildman–Crippen LogP) is 3.63. The van der Waals surface area contributed by atoms with Crippen LogP contribution in [0.5, 0.6) is 0 Å². The van der Waals surface area contributed by atoms with Crippen LogP contribution in [0.25, 0.3) is 0 Å². The van der Waals surface area contributed by atoms with Gasteiger partial charge >= 0.3 is 0 Å². The van der Waals surface area contributed by atoms with Crippen LogP contribution in [0.1, 0.15) is 87.1 Å². The van der Waals surface area contributed by atoms with Crippen molar-refractivity contribution in [1.82, 2.24) is 15.1 Å². The summed E-state index contributed by atoms with van der Waals surface area (Å²) in [5.74, 6) is 0.902. The molecule has 2 atom stereocenters. The number of rotatable bonds is 3. The van der Waals surface area contributed by atoms with Crippen molar-refractivity contribution < 1.29 is 14.3 Å². The van der Waals surface area contributed by atoms with Gasteiger partial charge in [0.1, 0.15) is 0 Å². The molecule has 0 bridgehead atoms. The number of piperidine rings is 1. The minimum Gasteiger partial charge on any atom is -0.375 e. The molecule has 0 radical (unpaired) electrons. The van der Waals surface area contributed by atoms with Crippen molar-refractivity contribution in [3.05, 3.63) is 17.0 Å². The van der Waals surface area contributed by atoms with E-state index >= 15 is 0 Å². The quantitative estimate of drug-likeness (QED) is 0.876. The third-order valence-electron chi connectivity index (χ3n) is 6.51. The number of carbonyl (C=O) groups excluding carboxylic acids is 1. The van der Waals surface area contributed by atoms with Gasteiger partial charge < -0.3 is 14.4 Å². The lowest BCUT2D eigenvalue weighted by Crippen LogP contribution is -2.42. The lowest BCUT2D eigenvalue weighted by molar-refractivity contribution is -0.0571. The van der Waals surface area contributed by atoms with Crippen LogP contribution in [0, 0.1) is 5.92 Å². The summed E-state index contributed by atoms with van der Waals surface area (Å²) in [6.45, 7) is 7.92. The Kier molecular flexibility index (Phi) is 5.55. The molecule has 1 aliphatic carbocycles. The summed E-state index contributed by atoms with van der Waals surface area (Å²) in [4.78, 5) is 15.0. The highest BCUT2D eigenvalue weighted by Crippen LogP contribution is 2.32. The molecular formula is C21H33N3O3. The first-order valence-corrected chi connectivity index (χ1v) is 10.7. The molecule has 0 unspecified atom stereocenters. The van der Waals surface area contributed by atoms with Crippen LogP contribution < -0.4 is 0 Å². The second-order valence-electron chi connectivity index (χ2n) is 8.77. The first-order valence-electron chi connectivity index (χ1n) is 10.7. The second kappa shape index (κ2) is 7.92. The van der Waals surface area contributed by atoms with Gasteiger partial charge in [0.05, 0.1) is 30.1 Å². The number of carbonyl (C=O) groups is 1. The Balaban J connectivity index is 1.33. The van der Waals surface area contributed by atoms with Gasteiger partial charge in [-0.3, -0.25) is 9.89 Å². The Hall–Kier alpha value is -1.40. The number of hydrogen-bond acceptors (Lipinski definition) is 4. The third kappa shape index (κ3) is 4.06. The largest absolute Gasteiger partial charge is 0.375 e. The topological polar surface area (TPSA) is 67.5 Å². The van der Waals surface area contributed by atoms with Crippen molar-refractivity contribution in [2.24, 2.45) is 5.92 Å². The second-order valence-corrected chi connectivity index (χ2v) is 8.77. The zero-order valence-electron chi connectivity index (χ0n) is 16.9. The summed E-state index contributed by atoms with van der Waals surface area (Å²) < 4.78 is 12.2. The normalized spacial score (nSPS) is 32.3. The van der Waals surface area contributed by atoms with Gasteiger partial charge in [0, 0.05) is 25.1 Å². The molecule has 1 N–H and O–H groups in total. The molecule has 1 saturated carbocycles. The number of hydrogen-bond donors (Lipinski definition) is 1. The maximum Gasteiger partial charge on any atom is 0.274 e. The maximum atomic E-state index is 13.0. The van der Waals surface area contributed by atoms with Crippen molar-refractivity contribution in [2.75, 3.05) is 13.1 Å². The monoisotopic (exact) mass is 375 g/mol. The summed E-state index contributed by atoms with van der Waals surface area (Å²) in [5, 5.41) is 7.39. The summed E-state index contributed by atoms with van der Waals surface area (Å²) >= 11 is 0. The van der Waals surface area contributed by atoms with Crippen LogP contribution in [0.3, 0.4) is 0 Å². The third-order valence-corrected chi connectivity index (χ3v) is 6.51. The highest BCUT2D eigenvalue weighted by molar-refractivity contribution is 5.94. The van der Waals surface area contributed by atoms with Crippen LogP contribution in [-0.2, 0) is 15.9 Å². The number of amides is 1. The predicted molar refractivity (Wildman–Crippen MR) is 103 cm³/mol. The number of nitrogens with zero attached hydrogens (tertiary/aromatic N) is 2. The average molecular weight is 376 g/mol. The molecule has 150 valence electrons. The molecule has 1 amide bonds. The molecule has 2 aliphatic heterocycles. The van der Waals surface area contributed by atoms with Crippen LogP contribution in [0.15, 0.2) is 0 Å². The van der Waals surface area contributed by atoms with Crippen molar-refractivity contribution >= 4 is 5.91 Å². The molecule has 6 nitrogen and oxygen atoms in total. The Bertz CT molecular complexity index is 658. The van der Waals surface area contributed by atoms with E-state index < -0.39 is 0 Å². The van der Waals surface area contributed by atoms with Crippen molar-refractivity contribution in [3.63, 3.8) is 0 Å². The highest BCUT2D eigenvalue weighted by Gasteiger charge is 2.33. The SMILES string of the molecule is CC1CCC(OC2CCN(C(=O)c3n[nH]c4c3C[C@H](C)O[C@@H]4C)CC2)CC1. The maximum absolute atomic E-state index is 13.0. The van der Waals surface area contributed by atoms with Crippen molar-refractivity contribution in [3.8, 4) is 0 Å². The van der Waals surface area contributed by atoms with Crippen molar-refractivity contribution in [1.29, 1.82) is 0 Å². The minimum atomic E-state index is -0.0323. The molecule has 1 saturated heterocycles. The van der Waals surface area contributed by atoms with Gasteiger partial charge in [0.2, 0.25) is 0 Å². The Morgan fingerprint density at radius 3 is 2.44 bits per heavy atom. The zero-order chi connectivity index (χ0) is 19.0. The fourth-order valence-corrected chi connectivity index (χ4v) is 4.83. The van der Waals surface area contributed by atoms with E-state index in [1.165, 1.54) is 25.7 Å². The smallest absolute Gasteiger partial charge is 0.274 e. The first kappa shape index (κ1) is 18.9. The van der Waals surface area contributed by atoms with E-state index in [1.807, 2.05) is 11.8 Å². The van der Waals surface area contributed by atoms with Gasteiger partial charge in [-0.1, -0.05) is 6.92 Å². The van der Waals surface area contributed by atoms with Gasteiger partial charge in [-0.15, -0.1) is 0 Å². The molecule has 0 aromatic carbocycles. The summed E-state index contributed by atoms with van der Waals surface area (Å²) in [6, 6.07) is 0. The average Bonchev–Trinajstić information content (AvgIpc) is 3.08. The molecule has 27 heavy (non-hydrogen) atoms. The van der Waals surface area contributed by atoms with E-state index in [1.54, 1.807) is 0 Å². The lowest BCUT2D eigenvalue weighted by Gasteiger charge is -2.35. The Morgan fingerprint density at radius 1 is 1.07 bits per heavy atom. The summed E-state index contributed by atoms with van der Waals surface area (Å²) in [5.41, 5.74) is 2.59. The van der Waals surface area contributed by atoms with Gasteiger partial charge in [-0.2, -0.15) is 5.10 Å². The zero-order valence-corrected chi connectivity index (χ0v) is 16.9. The Morgan fingerprint density at radius 2 is 1.74 bits per heavy atom. The highest BCUT2D eigenvalue weighted by atomic mass is 16.5. The fourth-order valence-electron chi connectivity index (χ4n) is 4.83. The number of nitrogens with one attached hydrogen (secondary N) is 1. The molecule has 3 aliphatic rings. The first-order chi connectivity index (χ1) is 13.0. The van der Waals surface area contributed by atoms with Gasteiger partial charge in [-0.25, -0.2) is 0 Å². The molecule has 2 fully saturated rings. The number of aromatic nitrogens is 2. The van der Waals surface area contributed by atoms with Crippen LogP contribution in [-0.4, -0.2) is 52.4 Å². The standard InChI is InChI=1S/C21H33N3O3/c1-13-4-6-16(7-5-13)27-17-8-10-24(11-9-17)21(25)20-18-12-14(2)26-15(3)19(18)22-23-20/h13-17H,4-12H2,1-3H3,(H,22,23)/t13?,14-,15+,16?/m0/s1. The number of H-pyrrole nitrogens is 1. The summed E-state index contributed by atoms with van der Waals surface area (Å²) in [6.07, 6.45) is 8.38. The van der Waals surface area contributed by atoms with Gasteiger partial charge in [0.25, 0.3) is 5.91 Å². The molecule has 4 rings (SSSR count). The fraction of sp³-hybridized carbons (Fsp3) is 0.810. The Labute approximate surface area is 162 Å². The van der Waals surface area contributed by atoms with Crippen LogP contribution >= 0.6 is 0 Å². The number of likely N-dealkylation sites (tertiary alicyclic amines) is 1.